The molecule has 1 aliphatic rings. The van der Waals surface area contributed by atoms with E-state index < -0.39 is 0 Å². The second-order valence-corrected chi connectivity index (χ2v) is 4.91. The summed E-state index contributed by atoms with van der Waals surface area (Å²) in [4.78, 5) is 24.6. The molecular formula is C14H18N2O2. The predicted molar refractivity (Wildman–Crippen MR) is 70.3 cm³/mol. The Morgan fingerprint density at radius 1 is 1.22 bits per heavy atom. The first-order chi connectivity index (χ1) is 8.47. The number of nitrogens with one attached hydrogen (secondary N) is 1. The Kier molecular flexibility index (Phi) is 3.36. The molecule has 0 spiro atoms. The number of benzene rings is 1. The largest absolute Gasteiger partial charge is 0.341 e. The van der Waals surface area contributed by atoms with E-state index >= 15 is 0 Å². The van der Waals surface area contributed by atoms with Crippen LogP contribution in [-0.4, -0.2) is 29.8 Å². The monoisotopic (exact) mass is 246 g/mol. The molecule has 0 aromatic heterocycles. The zero-order valence-electron chi connectivity index (χ0n) is 11.0. The Morgan fingerprint density at radius 3 is 2.44 bits per heavy atom. The maximum atomic E-state index is 11.9. The molecule has 0 radical (unpaired) electrons. The number of hydrogen-bond donors (Lipinski definition) is 1. The summed E-state index contributed by atoms with van der Waals surface area (Å²) in [5.41, 5.74) is 3.19. The van der Waals surface area contributed by atoms with E-state index in [0.29, 0.717) is 13.1 Å². The highest BCUT2D eigenvalue weighted by Crippen LogP contribution is 2.19. The first-order valence-electron chi connectivity index (χ1n) is 6.11. The highest BCUT2D eigenvalue weighted by molar-refractivity contribution is 5.94. The SMILES string of the molecule is CC(=O)N1CC(C(=O)Nc2ccc(C)c(C)c2)C1. The molecule has 18 heavy (non-hydrogen) atoms. The Labute approximate surface area is 107 Å². The fraction of sp³-hybridized carbons (Fsp3) is 0.429. The van der Waals surface area contributed by atoms with Crippen molar-refractivity contribution in [1.82, 2.24) is 4.90 Å². The maximum absolute atomic E-state index is 11.9. The van der Waals surface area contributed by atoms with Crippen molar-refractivity contribution in [2.24, 2.45) is 5.92 Å². The highest BCUT2D eigenvalue weighted by atomic mass is 16.2. The molecule has 0 saturated carbocycles. The molecule has 4 nitrogen and oxygen atoms in total. The number of aryl methyl sites for hydroxylation is 2. The van der Waals surface area contributed by atoms with Gasteiger partial charge < -0.3 is 10.2 Å². The van der Waals surface area contributed by atoms with Crippen LogP contribution in [0.2, 0.25) is 0 Å². The van der Waals surface area contributed by atoms with Gasteiger partial charge >= 0.3 is 0 Å². The fourth-order valence-corrected chi connectivity index (χ4v) is 1.97. The summed E-state index contributed by atoms with van der Waals surface area (Å²) in [7, 11) is 0. The molecule has 1 heterocycles. The summed E-state index contributed by atoms with van der Waals surface area (Å²) in [6.45, 7) is 6.65. The van der Waals surface area contributed by atoms with Crippen molar-refractivity contribution in [2.75, 3.05) is 18.4 Å². The standard InChI is InChI=1S/C14H18N2O2/c1-9-4-5-13(6-10(9)2)15-14(18)12-7-16(8-12)11(3)17/h4-6,12H,7-8H2,1-3H3,(H,15,18). The molecule has 1 fully saturated rings. The van der Waals surface area contributed by atoms with Gasteiger partial charge in [-0.25, -0.2) is 0 Å². The minimum atomic E-state index is -0.0736. The molecule has 1 saturated heterocycles. The lowest BCUT2D eigenvalue weighted by Crippen LogP contribution is -2.53. The molecular weight excluding hydrogens is 228 g/mol. The lowest BCUT2D eigenvalue weighted by molar-refractivity contribution is -0.139. The number of amides is 2. The minimum absolute atomic E-state index is 0.00393. The van der Waals surface area contributed by atoms with E-state index in [0.717, 1.165) is 11.3 Å². The molecule has 0 unspecified atom stereocenters. The molecule has 0 bridgehead atoms. The van der Waals surface area contributed by atoms with Gasteiger partial charge in [0.15, 0.2) is 0 Å². The Bertz CT molecular complexity index is 491. The van der Waals surface area contributed by atoms with Crippen molar-refractivity contribution in [3.63, 3.8) is 0 Å². The van der Waals surface area contributed by atoms with Crippen molar-refractivity contribution in [3.8, 4) is 0 Å². The molecule has 1 aliphatic heterocycles. The van der Waals surface area contributed by atoms with Gasteiger partial charge in [0.25, 0.3) is 0 Å². The molecule has 2 rings (SSSR count). The third-order valence-corrected chi connectivity index (χ3v) is 3.47. The van der Waals surface area contributed by atoms with Gasteiger partial charge in [-0.05, 0) is 37.1 Å². The van der Waals surface area contributed by atoms with Crippen LogP contribution in [0.15, 0.2) is 18.2 Å². The minimum Gasteiger partial charge on any atom is -0.341 e. The fourth-order valence-electron chi connectivity index (χ4n) is 1.97. The van der Waals surface area contributed by atoms with E-state index in [9.17, 15) is 9.59 Å². The van der Waals surface area contributed by atoms with Gasteiger partial charge in [-0.3, -0.25) is 9.59 Å². The zero-order chi connectivity index (χ0) is 13.3. The van der Waals surface area contributed by atoms with Gasteiger partial charge in [-0.2, -0.15) is 0 Å². The average molecular weight is 246 g/mol. The van der Waals surface area contributed by atoms with Gasteiger partial charge in [0.05, 0.1) is 5.92 Å². The first kappa shape index (κ1) is 12.6. The smallest absolute Gasteiger partial charge is 0.231 e. The van der Waals surface area contributed by atoms with Crippen LogP contribution < -0.4 is 5.32 Å². The van der Waals surface area contributed by atoms with Crippen molar-refractivity contribution < 1.29 is 9.59 Å². The maximum Gasteiger partial charge on any atom is 0.231 e. The van der Waals surface area contributed by atoms with Crippen LogP contribution in [0.3, 0.4) is 0 Å². The number of carbonyl (C=O) groups excluding carboxylic acids is 2. The summed E-state index contributed by atoms with van der Waals surface area (Å²) in [6.07, 6.45) is 0. The van der Waals surface area contributed by atoms with Gasteiger partial charge in [0.2, 0.25) is 11.8 Å². The van der Waals surface area contributed by atoms with E-state index in [-0.39, 0.29) is 17.7 Å². The summed E-state index contributed by atoms with van der Waals surface area (Å²) in [6, 6.07) is 5.86. The number of anilines is 1. The number of hydrogen-bond acceptors (Lipinski definition) is 2. The summed E-state index contributed by atoms with van der Waals surface area (Å²) >= 11 is 0. The molecule has 1 aromatic rings. The van der Waals surface area contributed by atoms with Crippen LogP contribution in [0, 0.1) is 19.8 Å². The van der Waals surface area contributed by atoms with E-state index in [1.54, 1.807) is 4.90 Å². The Hall–Kier alpha value is -1.84. The van der Waals surface area contributed by atoms with E-state index in [1.165, 1.54) is 12.5 Å². The molecule has 1 N–H and O–H groups in total. The van der Waals surface area contributed by atoms with E-state index in [4.69, 9.17) is 0 Å². The van der Waals surface area contributed by atoms with Gasteiger partial charge in [0.1, 0.15) is 0 Å². The second-order valence-electron chi connectivity index (χ2n) is 4.91. The molecule has 0 atom stereocenters. The van der Waals surface area contributed by atoms with Crippen LogP contribution in [-0.2, 0) is 9.59 Å². The number of carbonyl (C=O) groups is 2. The second kappa shape index (κ2) is 4.80. The Morgan fingerprint density at radius 2 is 1.89 bits per heavy atom. The zero-order valence-corrected chi connectivity index (χ0v) is 11.0. The lowest BCUT2D eigenvalue weighted by atomic mass is 9.99. The summed E-state index contributed by atoms with van der Waals surface area (Å²) in [5.74, 6) is -0.0449. The third-order valence-electron chi connectivity index (χ3n) is 3.47. The lowest BCUT2D eigenvalue weighted by Gasteiger charge is -2.37. The predicted octanol–water partition coefficient (Wildman–Crippen LogP) is 1.72. The van der Waals surface area contributed by atoms with Crippen LogP contribution in [0.1, 0.15) is 18.1 Å². The van der Waals surface area contributed by atoms with Crippen LogP contribution in [0.5, 0.6) is 0 Å². The molecule has 4 heteroatoms. The van der Waals surface area contributed by atoms with E-state index in [1.807, 2.05) is 32.0 Å². The number of nitrogens with zero attached hydrogens (tertiary/aromatic N) is 1. The van der Waals surface area contributed by atoms with Gasteiger partial charge in [-0.1, -0.05) is 6.07 Å². The highest BCUT2D eigenvalue weighted by Gasteiger charge is 2.33. The average Bonchev–Trinajstić information content (AvgIpc) is 2.20. The summed E-state index contributed by atoms with van der Waals surface area (Å²) < 4.78 is 0. The van der Waals surface area contributed by atoms with Crippen LogP contribution >= 0.6 is 0 Å². The topological polar surface area (TPSA) is 49.4 Å². The number of likely N-dealkylation sites (tertiary alicyclic amines) is 1. The molecule has 96 valence electrons. The van der Waals surface area contributed by atoms with Gasteiger partial charge in [-0.15, -0.1) is 0 Å². The summed E-state index contributed by atoms with van der Waals surface area (Å²) in [5, 5.41) is 2.89. The van der Waals surface area contributed by atoms with Crippen LogP contribution in [0.4, 0.5) is 5.69 Å². The van der Waals surface area contributed by atoms with Crippen molar-refractivity contribution >= 4 is 17.5 Å². The normalized spacial score (nSPS) is 15.2. The molecule has 0 aliphatic carbocycles. The van der Waals surface area contributed by atoms with E-state index in [2.05, 4.69) is 5.32 Å². The van der Waals surface area contributed by atoms with Crippen molar-refractivity contribution in [3.05, 3.63) is 29.3 Å². The first-order valence-corrected chi connectivity index (χ1v) is 6.11. The van der Waals surface area contributed by atoms with Crippen molar-refractivity contribution in [2.45, 2.75) is 20.8 Å². The quantitative estimate of drug-likeness (QED) is 0.863. The van der Waals surface area contributed by atoms with Crippen LogP contribution in [0.25, 0.3) is 0 Å². The third kappa shape index (κ3) is 2.53. The number of rotatable bonds is 2. The Balaban J connectivity index is 1.92. The molecule has 1 aromatic carbocycles. The van der Waals surface area contributed by atoms with Crippen molar-refractivity contribution in [1.29, 1.82) is 0 Å². The van der Waals surface area contributed by atoms with Gasteiger partial charge in [0, 0.05) is 25.7 Å². The molecule has 2 amide bonds.